The summed E-state index contributed by atoms with van der Waals surface area (Å²) in [5.41, 5.74) is 3.11. The quantitative estimate of drug-likeness (QED) is 0.506. The summed E-state index contributed by atoms with van der Waals surface area (Å²) >= 11 is 1.71. The van der Waals surface area contributed by atoms with Crippen molar-refractivity contribution in [3.8, 4) is 0 Å². The number of non-ortho nitro benzene ring substituents is 1. The van der Waals surface area contributed by atoms with Gasteiger partial charge in [0.15, 0.2) is 0 Å². The number of benzene rings is 2. The first-order valence-corrected chi connectivity index (χ1v) is 9.21. The van der Waals surface area contributed by atoms with Crippen molar-refractivity contribution < 1.29 is 9.72 Å². The molecule has 2 aliphatic rings. The van der Waals surface area contributed by atoms with E-state index in [2.05, 4.69) is 20.6 Å². The van der Waals surface area contributed by atoms with E-state index in [4.69, 9.17) is 0 Å². The summed E-state index contributed by atoms with van der Waals surface area (Å²) in [6.45, 7) is 3.54. The van der Waals surface area contributed by atoms with Crippen LogP contribution in [0.5, 0.6) is 0 Å². The van der Waals surface area contributed by atoms with Gasteiger partial charge in [-0.25, -0.2) is 4.31 Å². The second kappa shape index (κ2) is 6.97. The fourth-order valence-electron chi connectivity index (χ4n) is 3.23. The average molecular weight is 370 g/mol. The van der Waals surface area contributed by atoms with Crippen LogP contribution >= 0.6 is 11.9 Å². The molecule has 0 radical (unpaired) electrons. The van der Waals surface area contributed by atoms with E-state index in [9.17, 15) is 14.9 Å². The van der Waals surface area contributed by atoms with E-state index < -0.39 is 0 Å². The SMILES string of the molecule is O=C1Cc2cc(SN3CCN(c4ccc([N+](=O)[O-])cc4)CC3)ccc2N1. The molecule has 0 saturated carbocycles. The molecule has 7 nitrogen and oxygen atoms in total. The van der Waals surface area contributed by atoms with Crippen molar-refractivity contribution in [1.29, 1.82) is 0 Å². The number of carbonyl (C=O) groups excluding carboxylic acids is 1. The van der Waals surface area contributed by atoms with Crippen LogP contribution in [0.15, 0.2) is 47.4 Å². The average Bonchev–Trinajstić information content (AvgIpc) is 3.02. The van der Waals surface area contributed by atoms with Crippen LogP contribution in [-0.4, -0.2) is 41.3 Å². The van der Waals surface area contributed by atoms with E-state index in [-0.39, 0.29) is 16.5 Å². The van der Waals surface area contributed by atoms with Crippen molar-refractivity contribution >= 4 is 34.9 Å². The van der Waals surface area contributed by atoms with Crippen LogP contribution in [-0.2, 0) is 11.2 Å². The number of amides is 1. The second-order valence-corrected chi connectivity index (χ2v) is 7.50. The Morgan fingerprint density at radius 1 is 1.04 bits per heavy atom. The lowest BCUT2D eigenvalue weighted by atomic mass is 10.2. The van der Waals surface area contributed by atoms with Crippen LogP contribution in [0, 0.1) is 10.1 Å². The van der Waals surface area contributed by atoms with Gasteiger partial charge in [-0.3, -0.25) is 14.9 Å². The summed E-state index contributed by atoms with van der Waals surface area (Å²) in [5.74, 6) is 0.0545. The summed E-state index contributed by atoms with van der Waals surface area (Å²) in [6.07, 6.45) is 0.456. The Morgan fingerprint density at radius 2 is 1.77 bits per heavy atom. The zero-order valence-corrected chi connectivity index (χ0v) is 14.9. The summed E-state index contributed by atoms with van der Waals surface area (Å²) in [6, 6.07) is 12.8. The van der Waals surface area contributed by atoms with Crippen LogP contribution in [0.1, 0.15) is 5.56 Å². The summed E-state index contributed by atoms with van der Waals surface area (Å²) in [4.78, 5) is 25.2. The third kappa shape index (κ3) is 3.51. The normalized spacial score (nSPS) is 17.1. The smallest absolute Gasteiger partial charge is 0.269 e. The molecule has 1 fully saturated rings. The number of anilines is 2. The summed E-state index contributed by atoms with van der Waals surface area (Å²) < 4.78 is 2.31. The molecule has 0 spiro atoms. The number of hydrogen-bond donors (Lipinski definition) is 1. The Hall–Kier alpha value is -2.58. The summed E-state index contributed by atoms with van der Waals surface area (Å²) in [5, 5.41) is 13.6. The van der Waals surface area contributed by atoms with Gasteiger partial charge in [0.05, 0.1) is 11.3 Å². The largest absolute Gasteiger partial charge is 0.369 e. The van der Waals surface area contributed by atoms with Crippen molar-refractivity contribution in [2.24, 2.45) is 0 Å². The highest BCUT2D eigenvalue weighted by Crippen LogP contribution is 2.31. The predicted octanol–water partition coefficient (Wildman–Crippen LogP) is 2.92. The Morgan fingerprint density at radius 3 is 2.46 bits per heavy atom. The van der Waals surface area contributed by atoms with Gasteiger partial charge < -0.3 is 10.2 Å². The zero-order chi connectivity index (χ0) is 18.1. The molecular weight excluding hydrogens is 352 g/mol. The van der Waals surface area contributed by atoms with Crippen LogP contribution < -0.4 is 10.2 Å². The van der Waals surface area contributed by atoms with E-state index >= 15 is 0 Å². The van der Waals surface area contributed by atoms with Gasteiger partial charge in [-0.2, -0.15) is 0 Å². The molecule has 2 aliphatic heterocycles. The number of carbonyl (C=O) groups is 1. The molecule has 2 aromatic carbocycles. The van der Waals surface area contributed by atoms with Gasteiger partial charge in [-0.05, 0) is 47.8 Å². The predicted molar refractivity (Wildman–Crippen MR) is 102 cm³/mol. The van der Waals surface area contributed by atoms with Gasteiger partial charge >= 0.3 is 0 Å². The van der Waals surface area contributed by atoms with Gasteiger partial charge in [0.2, 0.25) is 5.91 Å². The number of nitro groups is 1. The molecule has 0 aliphatic carbocycles. The minimum Gasteiger partial charge on any atom is -0.369 e. The van der Waals surface area contributed by atoms with E-state index in [0.717, 1.165) is 48.0 Å². The fraction of sp³-hybridized carbons (Fsp3) is 0.278. The molecule has 8 heteroatoms. The van der Waals surface area contributed by atoms with E-state index in [0.29, 0.717) is 6.42 Å². The van der Waals surface area contributed by atoms with E-state index in [1.54, 1.807) is 24.1 Å². The first-order valence-electron chi connectivity index (χ1n) is 8.43. The number of piperazine rings is 1. The Balaban J connectivity index is 1.34. The third-order valence-electron chi connectivity index (χ3n) is 4.60. The van der Waals surface area contributed by atoms with Gasteiger partial charge in [-0.15, -0.1) is 0 Å². The molecule has 2 aromatic rings. The highest BCUT2D eigenvalue weighted by Gasteiger charge is 2.21. The van der Waals surface area contributed by atoms with Crippen LogP contribution in [0.2, 0.25) is 0 Å². The van der Waals surface area contributed by atoms with Gasteiger partial charge in [0.25, 0.3) is 5.69 Å². The summed E-state index contributed by atoms with van der Waals surface area (Å²) in [7, 11) is 0. The second-order valence-electron chi connectivity index (χ2n) is 6.32. The molecule has 1 saturated heterocycles. The first-order chi connectivity index (χ1) is 12.6. The minimum absolute atomic E-state index is 0.0545. The lowest BCUT2D eigenvalue weighted by Gasteiger charge is -2.35. The van der Waals surface area contributed by atoms with Crippen LogP contribution in [0.4, 0.5) is 17.1 Å². The Bertz CT molecular complexity index is 848. The highest BCUT2D eigenvalue weighted by molar-refractivity contribution is 7.97. The number of nitrogens with one attached hydrogen (secondary N) is 1. The Labute approximate surface area is 155 Å². The van der Waals surface area contributed by atoms with Gasteiger partial charge in [0.1, 0.15) is 0 Å². The number of fused-ring (bicyclic) bond motifs is 1. The number of nitrogens with zero attached hydrogens (tertiary/aromatic N) is 3. The standard InChI is InChI=1S/C18H18N4O3S/c23-18-12-13-11-16(5-6-17(13)19-18)26-21-9-7-20(8-10-21)14-1-3-15(4-2-14)22(24)25/h1-6,11H,7-10,12H2,(H,19,23). The van der Waals surface area contributed by atoms with Gasteiger partial charge in [-0.1, -0.05) is 0 Å². The number of nitro benzene ring substituents is 1. The molecule has 2 heterocycles. The van der Waals surface area contributed by atoms with Crippen LogP contribution in [0.3, 0.4) is 0 Å². The maximum Gasteiger partial charge on any atom is 0.269 e. The minimum atomic E-state index is -0.377. The molecule has 26 heavy (non-hydrogen) atoms. The molecule has 0 bridgehead atoms. The molecular formula is C18H18N4O3S. The maximum atomic E-state index is 11.5. The van der Waals surface area contributed by atoms with E-state index in [1.165, 1.54) is 0 Å². The third-order valence-corrected chi connectivity index (χ3v) is 5.69. The first kappa shape index (κ1) is 16.9. The molecule has 1 amide bonds. The van der Waals surface area contributed by atoms with Gasteiger partial charge in [0, 0.05) is 54.6 Å². The molecule has 0 aromatic heterocycles. The van der Waals surface area contributed by atoms with Crippen molar-refractivity contribution in [2.45, 2.75) is 11.3 Å². The molecule has 0 unspecified atom stereocenters. The topological polar surface area (TPSA) is 78.7 Å². The van der Waals surface area contributed by atoms with Crippen molar-refractivity contribution in [1.82, 2.24) is 4.31 Å². The lowest BCUT2D eigenvalue weighted by molar-refractivity contribution is -0.384. The maximum absolute atomic E-state index is 11.5. The fourth-order valence-corrected chi connectivity index (χ4v) is 4.20. The monoisotopic (exact) mass is 370 g/mol. The zero-order valence-electron chi connectivity index (χ0n) is 14.1. The number of hydrogen-bond acceptors (Lipinski definition) is 6. The van der Waals surface area contributed by atoms with Crippen LogP contribution in [0.25, 0.3) is 0 Å². The molecule has 1 N–H and O–H groups in total. The Kier molecular flexibility index (Phi) is 4.52. The number of rotatable bonds is 4. The van der Waals surface area contributed by atoms with Crippen molar-refractivity contribution in [3.05, 3.63) is 58.1 Å². The highest BCUT2D eigenvalue weighted by atomic mass is 32.2. The van der Waals surface area contributed by atoms with E-state index in [1.807, 2.05) is 24.3 Å². The van der Waals surface area contributed by atoms with Crippen molar-refractivity contribution in [2.75, 3.05) is 36.4 Å². The molecule has 4 rings (SSSR count). The molecule has 134 valence electrons. The molecule has 0 atom stereocenters. The lowest BCUT2D eigenvalue weighted by Crippen LogP contribution is -2.43. The van der Waals surface area contributed by atoms with Crippen molar-refractivity contribution in [3.63, 3.8) is 0 Å².